The number of nitrogens with two attached hydrogens (primary N) is 1. The van der Waals surface area contributed by atoms with Crippen LogP contribution in [0.2, 0.25) is 0 Å². The number of nitrogens with zero attached hydrogens (tertiary/aromatic N) is 2. The Hall–Kier alpha value is -2.31. The molecule has 0 unspecified atom stereocenters. The van der Waals surface area contributed by atoms with Gasteiger partial charge in [-0.05, 0) is 18.9 Å². The lowest BCUT2D eigenvalue weighted by molar-refractivity contribution is -0.384. The molecule has 0 aliphatic carbocycles. The minimum atomic E-state index is -0.455. The monoisotopic (exact) mass is 278 g/mol. The number of hydrogen-bond acceptors (Lipinski definition) is 5. The molecule has 0 aromatic heterocycles. The van der Waals surface area contributed by atoms with E-state index < -0.39 is 4.92 Å². The number of rotatable bonds is 3. The first kappa shape index (κ1) is 14.1. The van der Waals surface area contributed by atoms with Crippen LogP contribution in [0.15, 0.2) is 18.2 Å². The number of non-ortho nitro benzene ring substituents is 1. The van der Waals surface area contributed by atoms with E-state index >= 15 is 0 Å². The summed E-state index contributed by atoms with van der Waals surface area (Å²) in [5.74, 6) is -0.0155. The van der Waals surface area contributed by atoms with E-state index in [-0.39, 0.29) is 17.6 Å². The minimum Gasteiger partial charge on any atom is -0.397 e. The molecule has 0 atom stereocenters. The Kier molecular flexibility index (Phi) is 4.07. The zero-order chi connectivity index (χ0) is 14.7. The summed E-state index contributed by atoms with van der Waals surface area (Å²) in [5, 5.41) is 13.6. The van der Waals surface area contributed by atoms with Gasteiger partial charge in [-0.25, -0.2) is 0 Å². The summed E-state index contributed by atoms with van der Waals surface area (Å²) in [6, 6.07) is 4.73. The smallest absolute Gasteiger partial charge is 0.271 e. The number of nitro groups is 1. The van der Waals surface area contributed by atoms with Crippen LogP contribution in [-0.2, 0) is 4.79 Å². The molecule has 0 bridgehead atoms. The third-order valence-electron chi connectivity index (χ3n) is 3.46. The normalized spacial score (nSPS) is 15.9. The molecule has 1 aliphatic heterocycles. The van der Waals surface area contributed by atoms with E-state index in [0.29, 0.717) is 5.69 Å². The van der Waals surface area contributed by atoms with Gasteiger partial charge >= 0.3 is 0 Å². The standard InChI is InChI=1S/C13H18N4O3/c1-9(18)15-10-4-6-16(7-5-10)13-3-2-11(17(19)20)8-12(13)14/h2-3,8,10H,4-7,14H2,1H3,(H,15,18). The number of benzene rings is 1. The van der Waals surface area contributed by atoms with Crippen LogP contribution in [0, 0.1) is 10.1 Å². The number of nitrogens with one attached hydrogen (secondary N) is 1. The van der Waals surface area contributed by atoms with E-state index in [9.17, 15) is 14.9 Å². The second-order valence-electron chi connectivity index (χ2n) is 4.96. The molecule has 0 saturated carbocycles. The van der Waals surface area contributed by atoms with Crippen LogP contribution in [0.5, 0.6) is 0 Å². The Labute approximate surface area is 116 Å². The molecular weight excluding hydrogens is 260 g/mol. The Balaban J connectivity index is 2.03. The van der Waals surface area contributed by atoms with Crippen molar-refractivity contribution >= 4 is 23.0 Å². The van der Waals surface area contributed by atoms with Crippen LogP contribution in [0.3, 0.4) is 0 Å². The fraction of sp³-hybridized carbons (Fsp3) is 0.462. The molecule has 1 amide bonds. The highest BCUT2D eigenvalue weighted by molar-refractivity contribution is 5.73. The van der Waals surface area contributed by atoms with Crippen LogP contribution >= 0.6 is 0 Å². The zero-order valence-corrected chi connectivity index (χ0v) is 11.3. The van der Waals surface area contributed by atoms with Crippen molar-refractivity contribution in [2.45, 2.75) is 25.8 Å². The molecule has 1 aliphatic rings. The van der Waals surface area contributed by atoms with Crippen LogP contribution < -0.4 is 16.0 Å². The van der Waals surface area contributed by atoms with Crippen LogP contribution in [0.1, 0.15) is 19.8 Å². The SMILES string of the molecule is CC(=O)NC1CCN(c2ccc([N+](=O)[O-])cc2N)CC1. The molecule has 108 valence electrons. The lowest BCUT2D eigenvalue weighted by atomic mass is 10.0. The molecule has 20 heavy (non-hydrogen) atoms. The Morgan fingerprint density at radius 1 is 1.45 bits per heavy atom. The summed E-state index contributed by atoms with van der Waals surface area (Å²) in [4.78, 5) is 23.3. The summed E-state index contributed by atoms with van der Waals surface area (Å²) in [5.41, 5.74) is 7.12. The molecule has 7 heteroatoms. The van der Waals surface area contributed by atoms with E-state index in [0.717, 1.165) is 31.6 Å². The van der Waals surface area contributed by atoms with E-state index in [1.807, 2.05) is 0 Å². The minimum absolute atomic E-state index is 0.000572. The van der Waals surface area contributed by atoms with Crippen molar-refractivity contribution in [1.29, 1.82) is 0 Å². The number of amides is 1. The summed E-state index contributed by atoms with van der Waals surface area (Å²) in [7, 11) is 0. The third-order valence-corrected chi connectivity index (χ3v) is 3.46. The van der Waals surface area contributed by atoms with Crippen LogP contribution in [0.25, 0.3) is 0 Å². The predicted molar refractivity (Wildman–Crippen MR) is 76.6 cm³/mol. The van der Waals surface area contributed by atoms with E-state index in [4.69, 9.17) is 5.73 Å². The average Bonchev–Trinajstić information content (AvgIpc) is 2.39. The van der Waals surface area contributed by atoms with Crippen molar-refractivity contribution in [3.8, 4) is 0 Å². The maximum atomic E-state index is 11.0. The number of piperidine rings is 1. The topological polar surface area (TPSA) is 102 Å². The quantitative estimate of drug-likeness (QED) is 0.492. The van der Waals surface area contributed by atoms with Gasteiger partial charge in [0.15, 0.2) is 0 Å². The molecule has 1 aromatic carbocycles. The molecule has 1 heterocycles. The van der Waals surface area contributed by atoms with Crippen LogP contribution in [0.4, 0.5) is 17.1 Å². The van der Waals surface area contributed by atoms with Crippen molar-refractivity contribution in [3.63, 3.8) is 0 Å². The molecule has 1 aromatic rings. The molecule has 7 nitrogen and oxygen atoms in total. The van der Waals surface area contributed by atoms with Crippen molar-refractivity contribution in [1.82, 2.24) is 5.32 Å². The van der Waals surface area contributed by atoms with Gasteiger partial charge in [0.1, 0.15) is 0 Å². The maximum absolute atomic E-state index is 11.0. The first-order valence-electron chi connectivity index (χ1n) is 6.53. The van der Waals surface area contributed by atoms with Crippen molar-refractivity contribution in [2.75, 3.05) is 23.7 Å². The maximum Gasteiger partial charge on any atom is 0.271 e. The number of nitro benzene ring substituents is 1. The zero-order valence-electron chi connectivity index (χ0n) is 11.3. The summed E-state index contributed by atoms with van der Waals surface area (Å²) < 4.78 is 0. The Bertz CT molecular complexity index is 524. The van der Waals surface area contributed by atoms with Crippen molar-refractivity contribution in [2.24, 2.45) is 0 Å². The van der Waals surface area contributed by atoms with Gasteiger partial charge < -0.3 is 16.0 Å². The Morgan fingerprint density at radius 3 is 2.60 bits per heavy atom. The van der Waals surface area contributed by atoms with Gasteiger partial charge in [-0.3, -0.25) is 14.9 Å². The van der Waals surface area contributed by atoms with E-state index in [1.165, 1.54) is 19.1 Å². The summed E-state index contributed by atoms with van der Waals surface area (Å²) in [6.45, 7) is 3.06. The lowest BCUT2D eigenvalue weighted by Crippen LogP contribution is -2.44. The summed E-state index contributed by atoms with van der Waals surface area (Å²) in [6.07, 6.45) is 1.69. The second kappa shape index (κ2) is 5.77. The first-order chi connectivity index (χ1) is 9.47. The number of carbonyl (C=O) groups is 1. The highest BCUT2D eigenvalue weighted by atomic mass is 16.6. The fourth-order valence-corrected chi connectivity index (χ4v) is 2.50. The van der Waals surface area contributed by atoms with Gasteiger partial charge in [-0.15, -0.1) is 0 Å². The van der Waals surface area contributed by atoms with E-state index in [2.05, 4.69) is 10.2 Å². The van der Waals surface area contributed by atoms with Crippen molar-refractivity contribution < 1.29 is 9.72 Å². The number of hydrogen-bond donors (Lipinski definition) is 2. The van der Waals surface area contributed by atoms with Gasteiger partial charge in [0.05, 0.1) is 16.3 Å². The molecule has 3 N–H and O–H groups in total. The lowest BCUT2D eigenvalue weighted by Gasteiger charge is -2.34. The molecule has 2 rings (SSSR count). The fourth-order valence-electron chi connectivity index (χ4n) is 2.50. The molecular formula is C13H18N4O3. The first-order valence-corrected chi connectivity index (χ1v) is 6.53. The van der Waals surface area contributed by atoms with Gasteiger partial charge in [0.25, 0.3) is 5.69 Å². The van der Waals surface area contributed by atoms with Gasteiger partial charge in [-0.2, -0.15) is 0 Å². The van der Waals surface area contributed by atoms with Crippen LogP contribution in [-0.4, -0.2) is 30.0 Å². The van der Waals surface area contributed by atoms with Gasteiger partial charge in [0, 0.05) is 38.2 Å². The summed E-state index contributed by atoms with van der Waals surface area (Å²) >= 11 is 0. The van der Waals surface area contributed by atoms with Gasteiger partial charge in [0.2, 0.25) is 5.91 Å². The molecule has 0 radical (unpaired) electrons. The molecule has 1 saturated heterocycles. The number of nitrogen functional groups attached to an aromatic ring is 1. The largest absolute Gasteiger partial charge is 0.397 e. The number of carbonyl (C=O) groups excluding carboxylic acids is 1. The second-order valence-corrected chi connectivity index (χ2v) is 4.96. The number of anilines is 2. The van der Waals surface area contributed by atoms with E-state index in [1.54, 1.807) is 6.07 Å². The average molecular weight is 278 g/mol. The highest BCUT2D eigenvalue weighted by Gasteiger charge is 2.21. The third kappa shape index (κ3) is 3.17. The predicted octanol–water partition coefficient (Wildman–Crippen LogP) is 1.28. The highest BCUT2D eigenvalue weighted by Crippen LogP contribution is 2.29. The molecule has 0 spiro atoms. The van der Waals surface area contributed by atoms with Crippen molar-refractivity contribution in [3.05, 3.63) is 28.3 Å². The Morgan fingerprint density at radius 2 is 2.10 bits per heavy atom. The molecule has 1 fully saturated rings. The van der Waals surface area contributed by atoms with Gasteiger partial charge in [-0.1, -0.05) is 0 Å².